The lowest BCUT2D eigenvalue weighted by atomic mass is 10.0. The van der Waals surface area contributed by atoms with E-state index in [0.717, 1.165) is 22.6 Å². The molecule has 142 valence electrons. The Morgan fingerprint density at radius 3 is 2.70 bits per heavy atom. The zero-order valence-electron chi connectivity index (χ0n) is 15.2. The van der Waals surface area contributed by atoms with E-state index in [-0.39, 0.29) is 36.4 Å². The van der Waals surface area contributed by atoms with Crippen LogP contribution in [0.25, 0.3) is 0 Å². The van der Waals surface area contributed by atoms with Crippen molar-refractivity contribution in [3.05, 3.63) is 59.4 Å². The maximum Gasteiger partial charge on any atom is 0.220 e. The van der Waals surface area contributed by atoms with E-state index in [9.17, 15) is 14.0 Å². The molecule has 3 rings (SSSR count). The number of nitrogens with one attached hydrogen (secondary N) is 1. The summed E-state index contributed by atoms with van der Waals surface area (Å²) in [6, 6.07) is 11.4. The highest BCUT2D eigenvalue weighted by Crippen LogP contribution is 2.36. The third-order valence-corrected chi connectivity index (χ3v) is 5.54. The van der Waals surface area contributed by atoms with Gasteiger partial charge in [0.05, 0.1) is 12.6 Å². The number of hydrogen-bond donors (Lipinski definition) is 1. The van der Waals surface area contributed by atoms with E-state index >= 15 is 0 Å². The van der Waals surface area contributed by atoms with Crippen LogP contribution < -0.4 is 10.1 Å². The first-order chi connectivity index (χ1) is 13.1. The van der Waals surface area contributed by atoms with Gasteiger partial charge < -0.3 is 10.1 Å². The summed E-state index contributed by atoms with van der Waals surface area (Å²) < 4.78 is 18.9. The second-order valence-corrected chi connectivity index (χ2v) is 7.46. The molecule has 0 spiro atoms. The summed E-state index contributed by atoms with van der Waals surface area (Å²) in [5.74, 6) is 1.00. The van der Waals surface area contributed by atoms with Gasteiger partial charge in [-0.3, -0.25) is 9.59 Å². The van der Waals surface area contributed by atoms with Crippen molar-refractivity contribution in [1.82, 2.24) is 5.32 Å². The molecule has 0 saturated carbocycles. The molecule has 0 fully saturated rings. The minimum atomic E-state index is -0.304. The molecule has 6 heteroatoms. The van der Waals surface area contributed by atoms with Gasteiger partial charge in [0.15, 0.2) is 5.78 Å². The SMILES string of the molecule is CCOc1ccc(C(=O)CCC(=O)NC2CCSc3ccc(F)cc32)cc1. The summed E-state index contributed by atoms with van der Waals surface area (Å²) in [5, 5.41) is 2.94. The number of carbonyl (C=O) groups excluding carboxylic acids is 2. The molecule has 0 saturated heterocycles. The van der Waals surface area contributed by atoms with E-state index in [4.69, 9.17) is 4.74 Å². The number of benzene rings is 2. The Bertz CT molecular complexity index is 823. The van der Waals surface area contributed by atoms with Crippen molar-refractivity contribution in [2.75, 3.05) is 12.4 Å². The van der Waals surface area contributed by atoms with Gasteiger partial charge in [-0.2, -0.15) is 0 Å². The van der Waals surface area contributed by atoms with Crippen LogP contribution in [-0.2, 0) is 4.79 Å². The predicted octanol–water partition coefficient (Wildman–Crippen LogP) is 4.54. The van der Waals surface area contributed by atoms with E-state index in [0.29, 0.717) is 17.9 Å². The smallest absolute Gasteiger partial charge is 0.220 e. The van der Waals surface area contributed by atoms with Crippen molar-refractivity contribution in [3.63, 3.8) is 0 Å². The van der Waals surface area contributed by atoms with E-state index in [2.05, 4.69) is 5.32 Å². The predicted molar refractivity (Wildman–Crippen MR) is 104 cm³/mol. The minimum absolute atomic E-state index is 0.0844. The Kier molecular flexibility index (Phi) is 6.50. The zero-order valence-corrected chi connectivity index (χ0v) is 16.0. The maximum atomic E-state index is 13.5. The molecule has 0 bridgehead atoms. The fraction of sp³-hybridized carbons (Fsp3) is 0.333. The first kappa shape index (κ1) is 19.4. The number of fused-ring (bicyclic) bond motifs is 1. The van der Waals surface area contributed by atoms with Gasteiger partial charge in [-0.15, -0.1) is 11.8 Å². The molecule has 4 nitrogen and oxygen atoms in total. The molecule has 0 aromatic heterocycles. The summed E-state index contributed by atoms with van der Waals surface area (Å²) in [7, 11) is 0. The van der Waals surface area contributed by atoms with Gasteiger partial charge in [-0.05, 0) is 61.4 Å². The van der Waals surface area contributed by atoms with Gasteiger partial charge in [-0.1, -0.05) is 0 Å². The van der Waals surface area contributed by atoms with Gasteiger partial charge in [0.1, 0.15) is 11.6 Å². The Morgan fingerprint density at radius 1 is 1.19 bits per heavy atom. The molecule has 1 atom stereocenters. The zero-order chi connectivity index (χ0) is 19.2. The average molecular weight is 387 g/mol. The molecule has 1 N–H and O–H groups in total. The first-order valence-corrected chi connectivity index (χ1v) is 10.0. The van der Waals surface area contributed by atoms with Crippen molar-refractivity contribution in [3.8, 4) is 5.75 Å². The summed E-state index contributed by atoms with van der Waals surface area (Å²) in [4.78, 5) is 25.6. The highest BCUT2D eigenvalue weighted by atomic mass is 32.2. The number of amides is 1. The second kappa shape index (κ2) is 9.04. The molecule has 27 heavy (non-hydrogen) atoms. The van der Waals surface area contributed by atoms with Gasteiger partial charge in [0, 0.05) is 29.1 Å². The number of Topliss-reactive ketones (excluding diaryl/α,β-unsaturated/α-hetero) is 1. The number of ether oxygens (including phenoxy) is 1. The van der Waals surface area contributed by atoms with Crippen molar-refractivity contribution < 1.29 is 18.7 Å². The van der Waals surface area contributed by atoms with Crippen LogP contribution in [0.2, 0.25) is 0 Å². The van der Waals surface area contributed by atoms with Crippen LogP contribution >= 0.6 is 11.8 Å². The average Bonchev–Trinajstić information content (AvgIpc) is 2.67. The van der Waals surface area contributed by atoms with Crippen LogP contribution in [0.1, 0.15) is 48.1 Å². The van der Waals surface area contributed by atoms with Gasteiger partial charge in [0.25, 0.3) is 0 Å². The van der Waals surface area contributed by atoms with E-state index in [1.165, 1.54) is 12.1 Å². The fourth-order valence-corrected chi connectivity index (χ4v) is 4.16. The van der Waals surface area contributed by atoms with Gasteiger partial charge in [-0.25, -0.2) is 4.39 Å². The van der Waals surface area contributed by atoms with Crippen molar-refractivity contribution in [1.29, 1.82) is 0 Å². The number of halogens is 1. The molecule has 1 aliphatic rings. The molecular weight excluding hydrogens is 365 g/mol. The summed E-state index contributed by atoms with van der Waals surface area (Å²) in [6.45, 7) is 2.47. The van der Waals surface area contributed by atoms with E-state index in [1.807, 2.05) is 6.92 Å². The number of hydrogen-bond acceptors (Lipinski definition) is 4. The van der Waals surface area contributed by atoms with E-state index < -0.39 is 0 Å². The number of ketones is 1. The molecule has 2 aromatic rings. The lowest BCUT2D eigenvalue weighted by molar-refractivity contribution is -0.121. The van der Waals surface area contributed by atoms with Crippen molar-refractivity contribution in [2.45, 2.75) is 37.1 Å². The summed E-state index contributed by atoms with van der Waals surface area (Å²) >= 11 is 1.67. The van der Waals surface area contributed by atoms with Crippen molar-refractivity contribution >= 4 is 23.5 Å². The van der Waals surface area contributed by atoms with Crippen LogP contribution in [0.3, 0.4) is 0 Å². The van der Waals surface area contributed by atoms with Crippen LogP contribution in [-0.4, -0.2) is 24.1 Å². The molecule has 0 radical (unpaired) electrons. The fourth-order valence-electron chi connectivity index (χ4n) is 3.06. The van der Waals surface area contributed by atoms with Gasteiger partial charge in [0.2, 0.25) is 5.91 Å². The Labute approximate surface area is 162 Å². The number of rotatable bonds is 7. The normalized spacial score (nSPS) is 15.7. The van der Waals surface area contributed by atoms with Crippen LogP contribution in [0.15, 0.2) is 47.4 Å². The summed E-state index contributed by atoms with van der Waals surface area (Å²) in [6.07, 6.45) is 0.997. The van der Waals surface area contributed by atoms with Crippen LogP contribution in [0.5, 0.6) is 5.75 Å². The molecule has 0 aliphatic carbocycles. The highest BCUT2D eigenvalue weighted by molar-refractivity contribution is 7.99. The third-order valence-electron chi connectivity index (χ3n) is 4.41. The molecule has 1 aliphatic heterocycles. The number of thioether (sulfide) groups is 1. The standard InChI is InChI=1S/C21H22FNO3S/c1-2-26-16-6-3-14(4-7-16)19(24)8-10-21(25)23-18-11-12-27-20-9-5-15(22)13-17(18)20/h3-7,9,13,18H,2,8,10-12H2,1H3,(H,23,25). The summed E-state index contributed by atoms with van der Waals surface area (Å²) in [5.41, 5.74) is 1.38. The van der Waals surface area contributed by atoms with Crippen molar-refractivity contribution in [2.24, 2.45) is 0 Å². The third kappa shape index (κ3) is 5.10. The number of carbonyl (C=O) groups is 2. The molecular formula is C21H22FNO3S. The lowest BCUT2D eigenvalue weighted by Gasteiger charge is -2.26. The molecule has 1 heterocycles. The molecule has 2 aromatic carbocycles. The topological polar surface area (TPSA) is 55.4 Å². The van der Waals surface area contributed by atoms with Crippen LogP contribution in [0, 0.1) is 5.82 Å². The monoisotopic (exact) mass is 387 g/mol. The quantitative estimate of drug-likeness (QED) is 0.709. The van der Waals surface area contributed by atoms with Gasteiger partial charge >= 0.3 is 0 Å². The Morgan fingerprint density at radius 2 is 1.96 bits per heavy atom. The maximum absolute atomic E-state index is 13.5. The van der Waals surface area contributed by atoms with Crippen LogP contribution in [0.4, 0.5) is 4.39 Å². The Hall–Kier alpha value is -2.34. The Balaban J connectivity index is 1.54. The first-order valence-electron chi connectivity index (χ1n) is 9.04. The largest absolute Gasteiger partial charge is 0.494 e. The van der Waals surface area contributed by atoms with E-state index in [1.54, 1.807) is 42.1 Å². The molecule has 1 amide bonds. The molecule has 1 unspecified atom stereocenters. The minimum Gasteiger partial charge on any atom is -0.494 e. The second-order valence-electron chi connectivity index (χ2n) is 6.32. The highest BCUT2D eigenvalue weighted by Gasteiger charge is 2.23. The lowest BCUT2D eigenvalue weighted by Crippen LogP contribution is -2.31.